The van der Waals surface area contributed by atoms with Crippen molar-refractivity contribution in [3.63, 3.8) is 0 Å². The molecule has 0 aliphatic rings. The lowest BCUT2D eigenvalue weighted by molar-refractivity contribution is -0.141. The Balaban J connectivity index is 2.14. The first-order valence-electron chi connectivity index (χ1n) is 7.09. The number of aromatic nitrogens is 3. The van der Waals surface area contributed by atoms with Crippen LogP contribution in [0.5, 0.6) is 0 Å². The van der Waals surface area contributed by atoms with Gasteiger partial charge in [0.2, 0.25) is 5.89 Å². The van der Waals surface area contributed by atoms with Gasteiger partial charge in [-0.1, -0.05) is 32.0 Å². The maximum atomic E-state index is 11.7. The number of fused-ring (bicyclic) bond motifs is 1. The van der Waals surface area contributed by atoms with Crippen LogP contribution in [0.1, 0.15) is 25.7 Å². The number of rotatable bonds is 4. The first-order chi connectivity index (χ1) is 10.6. The zero-order valence-corrected chi connectivity index (χ0v) is 12.7. The highest BCUT2D eigenvalue weighted by molar-refractivity contribution is 5.87. The van der Waals surface area contributed by atoms with Crippen LogP contribution in [-0.2, 0) is 16.1 Å². The first-order valence-corrected chi connectivity index (χ1v) is 7.09. The van der Waals surface area contributed by atoms with E-state index in [1.54, 1.807) is 0 Å². The fourth-order valence-electron chi connectivity index (χ4n) is 2.32. The molecule has 114 valence electrons. The largest absolute Gasteiger partial charge is 0.468 e. The zero-order valence-electron chi connectivity index (χ0n) is 12.7. The molecule has 0 bridgehead atoms. The van der Waals surface area contributed by atoms with Crippen LogP contribution >= 0.6 is 0 Å². The van der Waals surface area contributed by atoms with E-state index in [1.165, 1.54) is 7.11 Å². The molecule has 6 heteroatoms. The second-order valence-corrected chi connectivity index (χ2v) is 5.35. The monoisotopic (exact) mass is 299 g/mol. The summed E-state index contributed by atoms with van der Waals surface area (Å²) in [5.74, 6) is 0.805. The van der Waals surface area contributed by atoms with Crippen LogP contribution in [0.4, 0.5) is 0 Å². The van der Waals surface area contributed by atoms with Gasteiger partial charge >= 0.3 is 5.97 Å². The maximum absolute atomic E-state index is 11.7. The number of hydrogen-bond donors (Lipinski definition) is 0. The van der Waals surface area contributed by atoms with E-state index in [2.05, 4.69) is 10.2 Å². The number of nitrogens with zero attached hydrogens (tertiary/aromatic N) is 3. The molecular weight excluding hydrogens is 282 g/mol. The summed E-state index contributed by atoms with van der Waals surface area (Å²) in [5, 5.41) is 9.17. The minimum atomic E-state index is -0.328. The van der Waals surface area contributed by atoms with Crippen LogP contribution in [-0.4, -0.2) is 27.8 Å². The SMILES string of the molecule is COC(=O)Cn1c(-c2nnc(C(C)C)o2)cc2ccccc21. The summed E-state index contributed by atoms with van der Waals surface area (Å²) >= 11 is 0. The lowest BCUT2D eigenvalue weighted by Crippen LogP contribution is -2.12. The summed E-state index contributed by atoms with van der Waals surface area (Å²) in [5.41, 5.74) is 1.64. The lowest BCUT2D eigenvalue weighted by atomic mass is 10.2. The topological polar surface area (TPSA) is 70.2 Å². The van der Waals surface area contributed by atoms with Gasteiger partial charge in [0.15, 0.2) is 0 Å². The first kappa shape index (κ1) is 14.3. The van der Waals surface area contributed by atoms with Crippen molar-refractivity contribution in [1.82, 2.24) is 14.8 Å². The molecule has 0 aliphatic carbocycles. The van der Waals surface area contributed by atoms with E-state index in [0.717, 1.165) is 10.9 Å². The lowest BCUT2D eigenvalue weighted by Gasteiger charge is -2.07. The zero-order chi connectivity index (χ0) is 15.7. The molecule has 0 unspecified atom stereocenters. The summed E-state index contributed by atoms with van der Waals surface area (Å²) in [6, 6.07) is 9.74. The van der Waals surface area contributed by atoms with Crippen molar-refractivity contribution in [2.24, 2.45) is 0 Å². The molecule has 6 nitrogen and oxygen atoms in total. The third-order valence-electron chi connectivity index (χ3n) is 3.48. The van der Waals surface area contributed by atoms with Gasteiger partial charge in [-0.3, -0.25) is 4.79 Å². The summed E-state index contributed by atoms with van der Waals surface area (Å²) in [4.78, 5) is 11.7. The molecule has 0 saturated heterocycles. The van der Waals surface area contributed by atoms with Crippen molar-refractivity contribution in [2.75, 3.05) is 7.11 Å². The molecule has 1 aromatic carbocycles. The standard InChI is InChI=1S/C16H17N3O3/c1-10(2)15-17-18-16(22-15)13-8-11-6-4-5-7-12(11)19(13)9-14(20)21-3/h4-8,10H,9H2,1-3H3. The number of carbonyl (C=O) groups excluding carboxylic acids is 1. The Labute approximate surface area is 127 Å². The number of carbonyl (C=O) groups is 1. The third-order valence-corrected chi connectivity index (χ3v) is 3.48. The number of hydrogen-bond acceptors (Lipinski definition) is 5. The fraction of sp³-hybridized carbons (Fsp3) is 0.312. The molecule has 2 aromatic heterocycles. The van der Waals surface area contributed by atoms with Crippen LogP contribution in [0.25, 0.3) is 22.5 Å². The van der Waals surface area contributed by atoms with Gasteiger partial charge in [0.25, 0.3) is 5.89 Å². The smallest absolute Gasteiger partial charge is 0.325 e. The third kappa shape index (κ3) is 2.47. The average molecular weight is 299 g/mol. The summed E-state index contributed by atoms with van der Waals surface area (Å²) in [6.07, 6.45) is 0. The number of methoxy groups -OCH3 is 1. The van der Waals surface area contributed by atoms with Crippen LogP contribution < -0.4 is 0 Å². The van der Waals surface area contributed by atoms with E-state index in [1.807, 2.05) is 48.7 Å². The molecule has 0 atom stereocenters. The molecular formula is C16H17N3O3. The summed E-state index contributed by atoms with van der Waals surface area (Å²) < 4.78 is 12.3. The molecule has 0 aliphatic heterocycles. The summed E-state index contributed by atoms with van der Waals surface area (Å²) in [7, 11) is 1.37. The van der Waals surface area contributed by atoms with Crippen LogP contribution in [0.15, 0.2) is 34.7 Å². The second kappa shape index (κ2) is 5.63. The Morgan fingerprint density at radius 2 is 2.09 bits per heavy atom. The van der Waals surface area contributed by atoms with E-state index in [4.69, 9.17) is 9.15 Å². The molecule has 0 spiro atoms. The number of benzene rings is 1. The van der Waals surface area contributed by atoms with E-state index in [9.17, 15) is 4.79 Å². The van der Waals surface area contributed by atoms with Gasteiger partial charge in [0.1, 0.15) is 12.2 Å². The van der Waals surface area contributed by atoms with Crippen LogP contribution in [0.3, 0.4) is 0 Å². The van der Waals surface area contributed by atoms with Gasteiger partial charge in [-0.2, -0.15) is 0 Å². The molecule has 22 heavy (non-hydrogen) atoms. The predicted molar refractivity (Wildman–Crippen MR) is 81.3 cm³/mol. The Bertz CT molecular complexity index is 817. The van der Waals surface area contributed by atoms with Crippen molar-refractivity contribution in [2.45, 2.75) is 26.3 Å². The second-order valence-electron chi connectivity index (χ2n) is 5.35. The van der Waals surface area contributed by atoms with Gasteiger partial charge in [-0.15, -0.1) is 10.2 Å². The fourth-order valence-corrected chi connectivity index (χ4v) is 2.32. The highest BCUT2D eigenvalue weighted by Gasteiger charge is 2.19. The van der Waals surface area contributed by atoms with Gasteiger partial charge in [-0.25, -0.2) is 0 Å². The van der Waals surface area contributed by atoms with E-state index >= 15 is 0 Å². The van der Waals surface area contributed by atoms with Crippen molar-refractivity contribution < 1.29 is 13.9 Å². The molecule has 2 heterocycles. The molecule has 3 rings (SSSR count). The predicted octanol–water partition coefficient (Wildman–Crippen LogP) is 2.99. The van der Waals surface area contributed by atoms with E-state index in [0.29, 0.717) is 17.5 Å². The molecule has 0 fully saturated rings. The van der Waals surface area contributed by atoms with E-state index in [-0.39, 0.29) is 18.4 Å². The molecule has 0 N–H and O–H groups in total. The Hall–Kier alpha value is -2.63. The van der Waals surface area contributed by atoms with Crippen molar-refractivity contribution >= 4 is 16.9 Å². The molecule has 0 radical (unpaired) electrons. The Morgan fingerprint density at radius 1 is 1.32 bits per heavy atom. The maximum Gasteiger partial charge on any atom is 0.325 e. The van der Waals surface area contributed by atoms with Gasteiger partial charge in [0, 0.05) is 16.8 Å². The minimum absolute atomic E-state index is 0.0960. The highest BCUT2D eigenvalue weighted by Crippen LogP contribution is 2.28. The summed E-state index contributed by atoms with van der Waals surface area (Å²) in [6.45, 7) is 4.07. The van der Waals surface area contributed by atoms with Gasteiger partial charge < -0.3 is 13.7 Å². The molecule has 0 saturated carbocycles. The quantitative estimate of drug-likeness (QED) is 0.693. The van der Waals surface area contributed by atoms with Crippen LogP contribution in [0.2, 0.25) is 0 Å². The molecule has 0 amide bonds. The number of esters is 1. The van der Waals surface area contributed by atoms with Crippen molar-refractivity contribution in [1.29, 1.82) is 0 Å². The number of ether oxygens (including phenoxy) is 1. The minimum Gasteiger partial charge on any atom is -0.468 e. The number of para-hydroxylation sites is 1. The van der Waals surface area contributed by atoms with E-state index < -0.39 is 0 Å². The van der Waals surface area contributed by atoms with Gasteiger partial charge in [0.05, 0.1) is 7.11 Å². The van der Waals surface area contributed by atoms with Crippen molar-refractivity contribution in [3.05, 3.63) is 36.2 Å². The van der Waals surface area contributed by atoms with Crippen molar-refractivity contribution in [3.8, 4) is 11.6 Å². The Morgan fingerprint density at radius 3 is 2.77 bits per heavy atom. The Kier molecular flexibility index (Phi) is 3.66. The average Bonchev–Trinajstić information content (AvgIpc) is 3.12. The normalized spacial score (nSPS) is 11.3. The highest BCUT2D eigenvalue weighted by atomic mass is 16.5. The van der Waals surface area contributed by atoms with Gasteiger partial charge in [-0.05, 0) is 12.1 Å². The molecule has 3 aromatic rings. The van der Waals surface area contributed by atoms with Crippen LogP contribution in [0, 0.1) is 0 Å².